The fourth-order valence-corrected chi connectivity index (χ4v) is 2.81. The summed E-state index contributed by atoms with van der Waals surface area (Å²) in [6.07, 6.45) is 13.8. The molecule has 0 saturated carbocycles. The van der Waals surface area contributed by atoms with Crippen LogP contribution >= 0.6 is 0 Å². The number of carbonyl (C=O) groups is 1. The van der Waals surface area contributed by atoms with E-state index in [0.29, 0.717) is 5.92 Å². The Morgan fingerprint density at radius 3 is 2.91 bits per heavy atom. The standard InChI is InChI=1S/C22H26O/c1-2-3-4-6-12-19-13-9-10-14-20(19)17-11-18-22(23)21-15-7-5-8-16-21/h5,7-8,11,13,15-16,18,20H,2-4,9-10,14,17H2,1H3/b18-11+. The Labute approximate surface area is 140 Å². The van der Waals surface area contributed by atoms with Crippen LogP contribution in [-0.4, -0.2) is 5.78 Å². The van der Waals surface area contributed by atoms with Gasteiger partial charge in [0.1, 0.15) is 0 Å². The van der Waals surface area contributed by atoms with Crippen LogP contribution in [0.2, 0.25) is 0 Å². The van der Waals surface area contributed by atoms with Gasteiger partial charge in [-0.2, -0.15) is 0 Å². The number of unbranched alkanes of at least 4 members (excludes halogenated alkanes) is 2. The molecule has 1 nitrogen and oxygen atoms in total. The van der Waals surface area contributed by atoms with Crippen molar-refractivity contribution in [1.29, 1.82) is 0 Å². The SMILES string of the molecule is CCCCC#CC1=CCCCC1C/C=C/C(=O)c1ccccc1. The lowest BCUT2D eigenvalue weighted by molar-refractivity contribution is 0.104. The molecule has 0 aromatic heterocycles. The Balaban J connectivity index is 1.91. The Hall–Kier alpha value is -2.07. The van der Waals surface area contributed by atoms with Crippen LogP contribution < -0.4 is 0 Å². The third kappa shape index (κ3) is 5.91. The molecular weight excluding hydrogens is 280 g/mol. The van der Waals surface area contributed by atoms with Gasteiger partial charge in [0.25, 0.3) is 0 Å². The van der Waals surface area contributed by atoms with E-state index in [4.69, 9.17) is 0 Å². The van der Waals surface area contributed by atoms with Crippen molar-refractivity contribution in [2.75, 3.05) is 0 Å². The largest absolute Gasteiger partial charge is 0.289 e. The summed E-state index contributed by atoms with van der Waals surface area (Å²) in [6, 6.07) is 9.44. The summed E-state index contributed by atoms with van der Waals surface area (Å²) < 4.78 is 0. The Bertz CT molecular complexity index is 610. The highest BCUT2D eigenvalue weighted by atomic mass is 16.1. The summed E-state index contributed by atoms with van der Waals surface area (Å²) >= 11 is 0. The lowest BCUT2D eigenvalue weighted by Crippen LogP contribution is -2.07. The van der Waals surface area contributed by atoms with Crippen molar-refractivity contribution >= 4 is 5.78 Å². The first kappa shape index (κ1) is 17.3. The number of benzene rings is 1. The second kappa shape index (κ2) is 9.85. The molecule has 120 valence electrons. The van der Waals surface area contributed by atoms with E-state index in [1.807, 2.05) is 36.4 Å². The van der Waals surface area contributed by atoms with Crippen molar-refractivity contribution in [3.05, 3.63) is 59.7 Å². The van der Waals surface area contributed by atoms with Crippen LogP contribution in [0.3, 0.4) is 0 Å². The number of carbonyl (C=O) groups excluding carboxylic acids is 1. The first-order chi connectivity index (χ1) is 11.3. The molecule has 1 aliphatic rings. The van der Waals surface area contributed by atoms with Crippen molar-refractivity contribution in [3.63, 3.8) is 0 Å². The minimum Gasteiger partial charge on any atom is -0.289 e. The number of allylic oxidation sites excluding steroid dienone is 4. The van der Waals surface area contributed by atoms with Gasteiger partial charge in [0.2, 0.25) is 0 Å². The summed E-state index contributed by atoms with van der Waals surface area (Å²) in [4.78, 5) is 12.1. The molecule has 0 radical (unpaired) electrons. The van der Waals surface area contributed by atoms with E-state index in [0.717, 1.165) is 24.8 Å². The molecule has 1 atom stereocenters. The summed E-state index contributed by atoms with van der Waals surface area (Å²) in [7, 11) is 0. The molecule has 0 saturated heterocycles. The van der Waals surface area contributed by atoms with E-state index in [2.05, 4.69) is 24.8 Å². The Kier molecular flexibility index (Phi) is 7.40. The first-order valence-corrected chi connectivity index (χ1v) is 8.76. The Morgan fingerprint density at radius 1 is 1.30 bits per heavy atom. The Morgan fingerprint density at radius 2 is 2.13 bits per heavy atom. The van der Waals surface area contributed by atoms with Crippen LogP contribution in [-0.2, 0) is 0 Å². The zero-order chi connectivity index (χ0) is 16.3. The van der Waals surface area contributed by atoms with Crippen molar-refractivity contribution in [2.45, 2.75) is 51.9 Å². The molecule has 0 bridgehead atoms. The second-order valence-electron chi connectivity index (χ2n) is 6.06. The molecular formula is C22H26O. The third-order valence-corrected chi connectivity index (χ3v) is 4.20. The molecule has 0 N–H and O–H groups in total. The van der Waals surface area contributed by atoms with Crippen LogP contribution in [0.15, 0.2) is 54.1 Å². The van der Waals surface area contributed by atoms with Gasteiger partial charge in [0.15, 0.2) is 5.78 Å². The minimum absolute atomic E-state index is 0.0842. The first-order valence-electron chi connectivity index (χ1n) is 8.76. The van der Waals surface area contributed by atoms with Gasteiger partial charge in [-0.1, -0.05) is 67.7 Å². The molecule has 1 aromatic carbocycles. The molecule has 0 spiro atoms. The molecule has 0 fully saturated rings. The molecule has 1 unspecified atom stereocenters. The van der Waals surface area contributed by atoms with Gasteiger partial charge in [0, 0.05) is 17.6 Å². The maximum Gasteiger partial charge on any atom is 0.185 e. The normalized spacial score (nSPS) is 17.4. The van der Waals surface area contributed by atoms with Gasteiger partial charge in [-0.25, -0.2) is 0 Å². The fraction of sp³-hybridized carbons (Fsp3) is 0.409. The molecule has 1 aliphatic carbocycles. The molecule has 0 amide bonds. The van der Waals surface area contributed by atoms with Crippen LogP contribution in [0.5, 0.6) is 0 Å². The van der Waals surface area contributed by atoms with E-state index in [1.54, 1.807) is 6.08 Å². The number of hydrogen-bond acceptors (Lipinski definition) is 1. The predicted octanol–water partition coefficient (Wildman–Crippen LogP) is 5.74. The highest BCUT2D eigenvalue weighted by Crippen LogP contribution is 2.27. The summed E-state index contributed by atoms with van der Waals surface area (Å²) in [5, 5.41) is 0. The highest BCUT2D eigenvalue weighted by Gasteiger charge is 2.15. The topological polar surface area (TPSA) is 17.1 Å². The van der Waals surface area contributed by atoms with Crippen LogP contribution in [0.4, 0.5) is 0 Å². The summed E-state index contributed by atoms with van der Waals surface area (Å²) in [6.45, 7) is 2.19. The monoisotopic (exact) mass is 306 g/mol. The fourth-order valence-electron chi connectivity index (χ4n) is 2.81. The van der Waals surface area contributed by atoms with Gasteiger partial charge < -0.3 is 0 Å². The molecule has 1 aromatic rings. The van der Waals surface area contributed by atoms with Crippen molar-refractivity contribution in [2.24, 2.45) is 5.92 Å². The van der Waals surface area contributed by atoms with Crippen LogP contribution in [0.1, 0.15) is 62.2 Å². The maximum atomic E-state index is 12.1. The van der Waals surface area contributed by atoms with E-state index in [9.17, 15) is 4.79 Å². The molecule has 1 heteroatoms. The van der Waals surface area contributed by atoms with E-state index < -0.39 is 0 Å². The third-order valence-electron chi connectivity index (χ3n) is 4.20. The van der Waals surface area contributed by atoms with Crippen molar-refractivity contribution in [1.82, 2.24) is 0 Å². The quantitative estimate of drug-likeness (QED) is 0.284. The second-order valence-corrected chi connectivity index (χ2v) is 6.06. The van der Waals surface area contributed by atoms with Crippen molar-refractivity contribution < 1.29 is 4.79 Å². The molecule has 2 rings (SSSR count). The molecule has 0 heterocycles. The summed E-state index contributed by atoms with van der Waals surface area (Å²) in [5.74, 6) is 7.24. The van der Waals surface area contributed by atoms with Crippen molar-refractivity contribution in [3.8, 4) is 11.8 Å². The smallest absolute Gasteiger partial charge is 0.185 e. The average molecular weight is 306 g/mol. The van der Waals surface area contributed by atoms with Gasteiger partial charge in [-0.05, 0) is 44.1 Å². The highest BCUT2D eigenvalue weighted by molar-refractivity contribution is 6.04. The number of ketones is 1. The maximum absolute atomic E-state index is 12.1. The van der Waals surface area contributed by atoms with E-state index >= 15 is 0 Å². The zero-order valence-corrected chi connectivity index (χ0v) is 14.1. The van der Waals surface area contributed by atoms with Gasteiger partial charge >= 0.3 is 0 Å². The number of rotatable bonds is 6. The molecule has 23 heavy (non-hydrogen) atoms. The van der Waals surface area contributed by atoms with Gasteiger partial charge in [-0.15, -0.1) is 0 Å². The van der Waals surface area contributed by atoms with E-state index in [1.165, 1.54) is 31.3 Å². The lowest BCUT2D eigenvalue weighted by Gasteiger charge is -2.19. The van der Waals surface area contributed by atoms with Gasteiger partial charge in [0.05, 0.1) is 0 Å². The summed E-state index contributed by atoms with van der Waals surface area (Å²) in [5.41, 5.74) is 2.03. The predicted molar refractivity (Wildman–Crippen MR) is 97.3 cm³/mol. The average Bonchev–Trinajstić information content (AvgIpc) is 2.60. The van der Waals surface area contributed by atoms with E-state index in [-0.39, 0.29) is 5.78 Å². The minimum atomic E-state index is 0.0842. The van der Waals surface area contributed by atoms with Crippen LogP contribution in [0, 0.1) is 17.8 Å². The lowest BCUT2D eigenvalue weighted by atomic mass is 9.85. The van der Waals surface area contributed by atoms with Gasteiger partial charge in [-0.3, -0.25) is 4.79 Å². The zero-order valence-electron chi connectivity index (χ0n) is 14.1. The molecule has 0 aliphatic heterocycles. The number of hydrogen-bond donors (Lipinski definition) is 0. The van der Waals surface area contributed by atoms with Crippen LogP contribution in [0.25, 0.3) is 0 Å².